The Bertz CT molecular complexity index is 582. The maximum atomic E-state index is 12.3. The van der Waals surface area contributed by atoms with Gasteiger partial charge in [0.1, 0.15) is 0 Å². The maximum Gasteiger partial charge on any atom is 0.239 e. The minimum atomic E-state index is -3.77. The van der Waals surface area contributed by atoms with Crippen LogP contribution in [-0.4, -0.2) is 59.0 Å². The third-order valence-electron chi connectivity index (χ3n) is 3.80. The van der Waals surface area contributed by atoms with E-state index >= 15 is 0 Å². The van der Waals surface area contributed by atoms with Crippen LogP contribution in [0.3, 0.4) is 0 Å². The summed E-state index contributed by atoms with van der Waals surface area (Å²) in [6, 6.07) is 0. The molecule has 0 fully saturated rings. The van der Waals surface area contributed by atoms with Crippen molar-refractivity contribution in [1.29, 1.82) is 0 Å². The minimum Gasteiger partial charge on any atom is -0.379 e. The van der Waals surface area contributed by atoms with Crippen LogP contribution in [0.2, 0.25) is 0 Å². The molecule has 0 spiro atoms. The zero-order chi connectivity index (χ0) is 21.8. The molecule has 0 aromatic rings. The molecule has 0 bridgehead atoms. The van der Waals surface area contributed by atoms with Crippen molar-refractivity contribution in [2.75, 3.05) is 38.7 Å². The second kappa shape index (κ2) is 12.4. The Hall–Kier alpha value is -1.19. The SMILES string of the molecule is CCOCCOCCNC(=O)CCCS(=O)(=O)NC(=O)C(C)(C)CC(C)(C)C. The normalized spacial score (nSPS) is 12.6. The van der Waals surface area contributed by atoms with Crippen LogP contribution in [0.1, 0.15) is 60.8 Å². The highest BCUT2D eigenvalue weighted by molar-refractivity contribution is 7.90. The molecule has 2 amide bonds. The molecule has 0 heterocycles. The molecule has 0 radical (unpaired) electrons. The van der Waals surface area contributed by atoms with E-state index in [1.54, 1.807) is 13.8 Å². The molecule has 0 aliphatic heterocycles. The lowest BCUT2D eigenvalue weighted by molar-refractivity contribution is -0.128. The van der Waals surface area contributed by atoms with Crippen LogP contribution in [-0.2, 0) is 29.1 Å². The average molecular weight is 423 g/mol. The zero-order valence-corrected chi connectivity index (χ0v) is 19.0. The van der Waals surface area contributed by atoms with E-state index in [1.165, 1.54) is 0 Å². The van der Waals surface area contributed by atoms with Crippen molar-refractivity contribution in [1.82, 2.24) is 10.0 Å². The van der Waals surface area contributed by atoms with E-state index in [1.807, 2.05) is 27.7 Å². The molecule has 0 aliphatic carbocycles. The lowest BCUT2D eigenvalue weighted by Gasteiger charge is -2.31. The van der Waals surface area contributed by atoms with Crippen molar-refractivity contribution in [2.24, 2.45) is 10.8 Å². The molecule has 166 valence electrons. The van der Waals surface area contributed by atoms with Gasteiger partial charge in [0.25, 0.3) is 0 Å². The van der Waals surface area contributed by atoms with Crippen LogP contribution in [0.5, 0.6) is 0 Å². The lowest BCUT2D eigenvalue weighted by atomic mass is 9.76. The van der Waals surface area contributed by atoms with Crippen molar-refractivity contribution in [2.45, 2.75) is 60.8 Å². The smallest absolute Gasteiger partial charge is 0.239 e. The van der Waals surface area contributed by atoms with Gasteiger partial charge < -0.3 is 14.8 Å². The fourth-order valence-electron chi connectivity index (χ4n) is 2.87. The summed E-state index contributed by atoms with van der Waals surface area (Å²) in [6.07, 6.45) is 0.759. The number of carbonyl (C=O) groups excluding carboxylic acids is 2. The van der Waals surface area contributed by atoms with Gasteiger partial charge in [0.2, 0.25) is 21.8 Å². The standard InChI is InChI=1S/C19H38N2O6S/c1-7-26-12-13-27-11-10-20-16(22)9-8-14-28(24,25)21-17(23)19(5,6)15-18(2,3)4/h7-15H2,1-6H3,(H,20,22)(H,21,23). The predicted octanol–water partition coefficient (Wildman–Crippen LogP) is 1.84. The summed E-state index contributed by atoms with van der Waals surface area (Å²) in [4.78, 5) is 24.1. The molecule has 0 aromatic heterocycles. The summed E-state index contributed by atoms with van der Waals surface area (Å²) in [5.41, 5.74) is -0.902. The van der Waals surface area contributed by atoms with Crippen LogP contribution in [0.25, 0.3) is 0 Å². The fraction of sp³-hybridized carbons (Fsp3) is 0.895. The number of sulfonamides is 1. The van der Waals surface area contributed by atoms with Crippen LogP contribution in [0.4, 0.5) is 0 Å². The zero-order valence-electron chi connectivity index (χ0n) is 18.2. The number of hydrogen-bond acceptors (Lipinski definition) is 6. The van der Waals surface area contributed by atoms with Gasteiger partial charge in [0.05, 0.1) is 25.6 Å². The molecule has 0 atom stereocenters. The summed E-state index contributed by atoms with van der Waals surface area (Å²) in [5, 5.41) is 2.66. The van der Waals surface area contributed by atoms with Gasteiger partial charge in [-0.15, -0.1) is 0 Å². The highest BCUT2D eigenvalue weighted by Crippen LogP contribution is 2.33. The molecule has 0 aliphatic rings. The first kappa shape index (κ1) is 26.8. The Labute approximate surface area is 170 Å². The summed E-state index contributed by atoms with van der Waals surface area (Å²) in [5.74, 6) is -1.04. The van der Waals surface area contributed by atoms with Crippen LogP contribution < -0.4 is 10.0 Å². The monoisotopic (exact) mass is 422 g/mol. The molecule has 0 unspecified atom stereocenters. The lowest BCUT2D eigenvalue weighted by Crippen LogP contribution is -2.43. The molecular formula is C19H38N2O6S. The first-order valence-electron chi connectivity index (χ1n) is 9.76. The Morgan fingerprint density at radius 1 is 0.964 bits per heavy atom. The Morgan fingerprint density at radius 3 is 2.14 bits per heavy atom. The fourth-order valence-corrected chi connectivity index (χ4v) is 4.06. The Morgan fingerprint density at radius 2 is 1.57 bits per heavy atom. The first-order valence-corrected chi connectivity index (χ1v) is 11.4. The molecule has 0 aromatic carbocycles. The summed E-state index contributed by atoms with van der Waals surface area (Å²) in [6.45, 7) is 13.7. The van der Waals surface area contributed by atoms with Gasteiger partial charge in [-0.3, -0.25) is 14.3 Å². The third-order valence-corrected chi connectivity index (χ3v) is 5.12. The highest BCUT2D eigenvalue weighted by atomic mass is 32.2. The van der Waals surface area contributed by atoms with Gasteiger partial charge in [-0.05, 0) is 25.2 Å². The Balaban J connectivity index is 4.13. The number of hydrogen-bond donors (Lipinski definition) is 2. The minimum absolute atomic E-state index is 0.0689. The van der Waals surface area contributed by atoms with Gasteiger partial charge in [-0.1, -0.05) is 34.6 Å². The van der Waals surface area contributed by atoms with Crippen molar-refractivity contribution >= 4 is 21.8 Å². The van der Waals surface area contributed by atoms with E-state index in [0.717, 1.165) is 0 Å². The summed E-state index contributed by atoms with van der Waals surface area (Å²) >= 11 is 0. The number of ether oxygens (including phenoxy) is 2. The second-order valence-corrected chi connectivity index (χ2v) is 10.5. The first-order chi connectivity index (χ1) is 12.8. The van der Waals surface area contributed by atoms with Gasteiger partial charge in [-0.25, -0.2) is 8.42 Å². The van der Waals surface area contributed by atoms with Crippen LogP contribution in [0, 0.1) is 10.8 Å². The number of nitrogens with one attached hydrogen (secondary N) is 2. The quantitative estimate of drug-likeness (QED) is 0.413. The predicted molar refractivity (Wildman–Crippen MR) is 109 cm³/mol. The van der Waals surface area contributed by atoms with Crippen molar-refractivity contribution in [3.63, 3.8) is 0 Å². The average Bonchev–Trinajstić information content (AvgIpc) is 2.51. The van der Waals surface area contributed by atoms with Gasteiger partial charge in [-0.2, -0.15) is 0 Å². The van der Waals surface area contributed by atoms with E-state index in [-0.39, 0.29) is 29.9 Å². The van der Waals surface area contributed by atoms with Gasteiger partial charge in [0, 0.05) is 25.0 Å². The molecule has 9 heteroatoms. The van der Waals surface area contributed by atoms with E-state index in [0.29, 0.717) is 39.4 Å². The number of amides is 2. The van der Waals surface area contributed by atoms with E-state index < -0.39 is 21.3 Å². The number of rotatable bonds is 14. The van der Waals surface area contributed by atoms with Crippen LogP contribution in [0.15, 0.2) is 0 Å². The largest absolute Gasteiger partial charge is 0.379 e. The van der Waals surface area contributed by atoms with Crippen LogP contribution >= 0.6 is 0 Å². The molecule has 2 N–H and O–H groups in total. The molecule has 0 saturated carbocycles. The second-order valence-electron chi connectivity index (χ2n) is 8.63. The highest BCUT2D eigenvalue weighted by Gasteiger charge is 2.34. The van der Waals surface area contributed by atoms with Gasteiger partial charge >= 0.3 is 0 Å². The van der Waals surface area contributed by atoms with Crippen molar-refractivity contribution in [3.8, 4) is 0 Å². The maximum absolute atomic E-state index is 12.3. The summed E-state index contributed by atoms with van der Waals surface area (Å²) < 4.78 is 36.8. The molecule has 28 heavy (non-hydrogen) atoms. The third kappa shape index (κ3) is 13.9. The topological polar surface area (TPSA) is 111 Å². The van der Waals surface area contributed by atoms with E-state index in [4.69, 9.17) is 9.47 Å². The molecule has 0 rings (SSSR count). The number of carbonyl (C=O) groups is 2. The van der Waals surface area contributed by atoms with Crippen molar-refractivity contribution in [3.05, 3.63) is 0 Å². The Kier molecular flexibility index (Phi) is 11.9. The van der Waals surface area contributed by atoms with Crippen molar-refractivity contribution < 1.29 is 27.5 Å². The summed E-state index contributed by atoms with van der Waals surface area (Å²) in [7, 11) is -3.77. The van der Waals surface area contributed by atoms with Gasteiger partial charge in [0.15, 0.2) is 0 Å². The molecular weight excluding hydrogens is 384 g/mol. The molecule has 8 nitrogen and oxygen atoms in total. The molecule has 0 saturated heterocycles. The van der Waals surface area contributed by atoms with E-state index in [2.05, 4.69) is 10.0 Å². The van der Waals surface area contributed by atoms with E-state index in [9.17, 15) is 18.0 Å².